The summed E-state index contributed by atoms with van der Waals surface area (Å²) in [7, 11) is 0. The number of benzene rings is 2. The first-order valence-corrected chi connectivity index (χ1v) is 8.82. The van der Waals surface area contributed by atoms with Gasteiger partial charge in [0.25, 0.3) is 5.56 Å². The fourth-order valence-corrected chi connectivity index (χ4v) is 3.97. The van der Waals surface area contributed by atoms with Crippen molar-refractivity contribution in [3.8, 4) is 0 Å². The summed E-state index contributed by atoms with van der Waals surface area (Å²) in [6, 6.07) is 11.1. The van der Waals surface area contributed by atoms with E-state index in [1.54, 1.807) is 30.3 Å². The van der Waals surface area contributed by atoms with Crippen molar-refractivity contribution in [2.45, 2.75) is 13.0 Å². The predicted octanol–water partition coefficient (Wildman–Crippen LogP) is 3.56. The van der Waals surface area contributed by atoms with E-state index in [0.29, 0.717) is 20.6 Å². The Bertz CT molecular complexity index is 1260. The second kappa shape index (κ2) is 6.55. The molecule has 0 saturated heterocycles. The summed E-state index contributed by atoms with van der Waals surface area (Å²) in [6.45, 7) is 0.0349. The number of para-hydroxylation sites is 1. The lowest BCUT2D eigenvalue weighted by Gasteiger charge is -2.11. The number of aliphatic carboxylic acids is 1. The number of carboxylic acids is 1. The number of pyridine rings is 1. The molecular weight excluding hydrogens is 374 g/mol. The summed E-state index contributed by atoms with van der Waals surface area (Å²) in [5.74, 6) is -3.11. The molecule has 5 nitrogen and oxygen atoms in total. The molecule has 0 atom stereocenters. The molecule has 2 heterocycles. The average molecular weight is 386 g/mol. The third-order valence-electron chi connectivity index (χ3n) is 4.21. The Balaban J connectivity index is 1.88. The predicted molar refractivity (Wildman–Crippen MR) is 98.2 cm³/mol. The van der Waals surface area contributed by atoms with Gasteiger partial charge in [0, 0.05) is 5.56 Å². The van der Waals surface area contributed by atoms with E-state index in [-0.39, 0.29) is 17.6 Å². The molecule has 0 aliphatic rings. The maximum Gasteiger partial charge on any atom is 0.308 e. The minimum Gasteiger partial charge on any atom is -0.481 e. The van der Waals surface area contributed by atoms with E-state index in [4.69, 9.17) is 5.11 Å². The Morgan fingerprint density at radius 1 is 1.19 bits per heavy atom. The molecule has 27 heavy (non-hydrogen) atoms. The second-order valence-corrected chi connectivity index (χ2v) is 7.12. The van der Waals surface area contributed by atoms with Gasteiger partial charge in [-0.15, -0.1) is 11.3 Å². The number of halogens is 2. The van der Waals surface area contributed by atoms with E-state index in [1.807, 2.05) is 0 Å². The number of hydrogen-bond donors (Lipinski definition) is 1. The van der Waals surface area contributed by atoms with Crippen molar-refractivity contribution in [2.24, 2.45) is 0 Å². The first-order valence-electron chi connectivity index (χ1n) is 8.00. The zero-order valence-corrected chi connectivity index (χ0v) is 14.6. The van der Waals surface area contributed by atoms with Gasteiger partial charge in [-0.3, -0.25) is 9.59 Å². The van der Waals surface area contributed by atoms with E-state index in [2.05, 4.69) is 4.98 Å². The molecule has 0 aliphatic heterocycles. The highest BCUT2D eigenvalue weighted by atomic mass is 32.1. The number of rotatable bonds is 4. The zero-order valence-electron chi connectivity index (χ0n) is 13.8. The summed E-state index contributed by atoms with van der Waals surface area (Å²) in [6.07, 6.45) is -0.399. The normalized spacial score (nSPS) is 11.3. The van der Waals surface area contributed by atoms with E-state index < -0.39 is 29.6 Å². The number of thiazole rings is 1. The van der Waals surface area contributed by atoms with Gasteiger partial charge in [0.15, 0.2) is 11.6 Å². The number of carbonyl (C=O) groups is 1. The summed E-state index contributed by atoms with van der Waals surface area (Å²) >= 11 is 1.16. The molecule has 1 N–H and O–H groups in total. The van der Waals surface area contributed by atoms with Gasteiger partial charge in [-0.2, -0.15) is 0 Å². The van der Waals surface area contributed by atoms with Crippen LogP contribution in [0.3, 0.4) is 0 Å². The molecule has 0 saturated carbocycles. The Labute approximate surface area is 155 Å². The number of fused-ring (bicyclic) bond motifs is 2. The van der Waals surface area contributed by atoms with Gasteiger partial charge >= 0.3 is 5.97 Å². The monoisotopic (exact) mass is 386 g/mol. The molecule has 0 aliphatic carbocycles. The maximum absolute atomic E-state index is 13.9. The summed E-state index contributed by atoms with van der Waals surface area (Å²) in [5, 5.41) is 10.2. The fraction of sp³-hybridized carbons (Fsp3) is 0.105. The van der Waals surface area contributed by atoms with Gasteiger partial charge in [-0.05, 0) is 29.7 Å². The third kappa shape index (κ3) is 3.08. The molecule has 2 aromatic heterocycles. The molecule has 0 unspecified atom stereocenters. The molecule has 4 aromatic rings. The summed E-state index contributed by atoms with van der Waals surface area (Å²) < 4.78 is 29.2. The van der Waals surface area contributed by atoms with Gasteiger partial charge in [0.05, 0.1) is 23.2 Å². The van der Waals surface area contributed by atoms with Crippen LogP contribution < -0.4 is 5.56 Å². The van der Waals surface area contributed by atoms with Crippen LogP contribution in [0.5, 0.6) is 0 Å². The van der Waals surface area contributed by atoms with Crippen LogP contribution in [0.15, 0.2) is 47.3 Å². The maximum atomic E-state index is 13.9. The van der Waals surface area contributed by atoms with E-state index in [9.17, 15) is 18.4 Å². The van der Waals surface area contributed by atoms with E-state index >= 15 is 0 Å². The Kier molecular flexibility index (Phi) is 4.19. The summed E-state index contributed by atoms with van der Waals surface area (Å²) in [5.41, 5.74) is 0.248. The standard InChI is InChI=1S/C19H12F2N2O3S/c20-12-5-6-14-18(17(12)21)22-15(27-14)9-23-13-4-2-1-3-10(13)7-11(19(23)26)8-16(24)25/h1-7H,8-9H2,(H,24,25). The van der Waals surface area contributed by atoms with Gasteiger partial charge in [-0.25, -0.2) is 13.8 Å². The van der Waals surface area contributed by atoms with E-state index in [0.717, 1.165) is 17.4 Å². The van der Waals surface area contributed by atoms with Crippen LogP contribution >= 0.6 is 11.3 Å². The van der Waals surface area contributed by atoms with Crippen LogP contribution in [0.1, 0.15) is 10.6 Å². The molecule has 136 valence electrons. The number of nitrogens with zero attached hydrogens (tertiary/aromatic N) is 2. The van der Waals surface area contributed by atoms with Crippen LogP contribution in [0.2, 0.25) is 0 Å². The lowest BCUT2D eigenvalue weighted by atomic mass is 10.1. The van der Waals surface area contributed by atoms with Crippen molar-refractivity contribution in [1.29, 1.82) is 0 Å². The van der Waals surface area contributed by atoms with Crippen molar-refractivity contribution in [1.82, 2.24) is 9.55 Å². The highest BCUT2D eigenvalue weighted by Gasteiger charge is 2.16. The van der Waals surface area contributed by atoms with Crippen LogP contribution in [0.25, 0.3) is 21.1 Å². The molecule has 0 amide bonds. The highest BCUT2D eigenvalue weighted by Crippen LogP contribution is 2.27. The van der Waals surface area contributed by atoms with E-state index in [1.165, 1.54) is 10.6 Å². The average Bonchev–Trinajstić information content (AvgIpc) is 3.05. The zero-order chi connectivity index (χ0) is 19.1. The van der Waals surface area contributed by atoms with Crippen LogP contribution in [-0.2, 0) is 17.8 Å². The van der Waals surface area contributed by atoms with Crippen LogP contribution in [-0.4, -0.2) is 20.6 Å². The van der Waals surface area contributed by atoms with Crippen LogP contribution in [0, 0.1) is 11.6 Å². The van der Waals surface area contributed by atoms with Crippen molar-refractivity contribution in [3.63, 3.8) is 0 Å². The SMILES string of the molecule is O=C(O)Cc1cc2ccccc2n(Cc2nc3c(F)c(F)ccc3s2)c1=O. The Hall–Kier alpha value is -3.13. The lowest BCUT2D eigenvalue weighted by molar-refractivity contribution is -0.136. The minimum atomic E-state index is -1.11. The fourth-order valence-electron chi connectivity index (χ4n) is 3.02. The topological polar surface area (TPSA) is 72.2 Å². The molecule has 0 radical (unpaired) electrons. The number of aromatic nitrogens is 2. The van der Waals surface area contributed by atoms with Crippen LogP contribution in [0.4, 0.5) is 8.78 Å². The number of hydrogen-bond acceptors (Lipinski definition) is 4. The second-order valence-electron chi connectivity index (χ2n) is 6.01. The molecule has 0 spiro atoms. The minimum absolute atomic E-state index is 0.0349. The van der Waals surface area contributed by atoms with Crippen molar-refractivity contribution < 1.29 is 18.7 Å². The molecule has 0 fully saturated rings. The quantitative estimate of drug-likeness (QED) is 0.582. The molecular formula is C19H12F2N2O3S. The Morgan fingerprint density at radius 2 is 1.96 bits per heavy atom. The van der Waals surface area contributed by atoms with Crippen molar-refractivity contribution >= 4 is 38.4 Å². The summed E-state index contributed by atoms with van der Waals surface area (Å²) in [4.78, 5) is 28.0. The van der Waals surface area contributed by atoms with Gasteiger partial charge in [0.1, 0.15) is 10.5 Å². The molecule has 0 bridgehead atoms. The largest absolute Gasteiger partial charge is 0.481 e. The lowest BCUT2D eigenvalue weighted by Crippen LogP contribution is -2.26. The third-order valence-corrected chi connectivity index (χ3v) is 5.21. The first-order chi connectivity index (χ1) is 12.9. The number of carboxylic acid groups (broad SMARTS) is 1. The van der Waals surface area contributed by atoms with Gasteiger partial charge in [0.2, 0.25) is 0 Å². The molecule has 2 aromatic carbocycles. The highest BCUT2D eigenvalue weighted by molar-refractivity contribution is 7.18. The van der Waals surface area contributed by atoms with Gasteiger partial charge in [-0.1, -0.05) is 18.2 Å². The smallest absolute Gasteiger partial charge is 0.308 e. The van der Waals surface area contributed by atoms with Crippen molar-refractivity contribution in [3.05, 3.63) is 75.0 Å². The van der Waals surface area contributed by atoms with Gasteiger partial charge < -0.3 is 9.67 Å². The molecule has 4 rings (SSSR count). The molecule has 8 heteroatoms. The Morgan fingerprint density at radius 3 is 2.74 bits per heavy atom. The van der Waals surface area contributed by atoms with Crippen molar-refractivity contribution in [2.75, 3.05) is 0 Å². The first kappa shape index (κ1) is 17.3.